The molecule has 0 aliphatic heterocycles. The number of alkyl halides is 3. The van der Waals surface area contributed by atoms with Crippen LogP contribution in [0.4, 0.5) is 19.0 Å². The van der Waals surface area contributed by atoms with E-state index in [0.717, 1.165) is 35.9 Å². The first-order valence-corrected chi connectivity index (χ1v) is 8.68. The minimum atomic E-state index is -4.33. The lowest BCUT2D eigenvalue weighted by Gasteiger charge is -2.24. The summed E-state index contributed by atoms with van der Waals surface area (Å²) in [7, 11) is 0. The van der Waals surface area contributed by atoms with E-state index in [9.17, 15) is 13.2 Å². The van der Waals surface area contributed by atoms with Crippen LogP contribution in [-0.4, -0.2) is 16.0 Å². The number of hydrogen-bond donors (Lipinski definition) is 1. The van der Waals surface area contributed by atoms with E-state index >= 15 is 0 Å². The molecule has 0 unspecified atom stereocenters. The van der Waals surface area contributed by atoms with Gasteiger partial charge in [0.2, 0.25) is 0 Å². The molecular weight excluding hydrogens is 327 g/mol. The standard InChI is InChI=1S/C19H20F3N3/c1-11-23-10-16(13-4-6-15(7-5-13)19(20,21)22)18(24-11)25-17-9-12-2-3-14(17)8-12/h4-7,10,12,14,17H,2-3,8-9H2,1H3,(H,23,24,25)/t12-,14+,17-/m0/s1. The van der Waals surface area contributed by atoms with Gasteiger partial charge in [0.15, 0.2) is 0 Å². The van der Waals surface area contributed by atoms with Crippen LogP contribution >= 0.6 is 0 Å². The zero-order valence-corrected chi connectivity index (χ0v) is 14.0. The summed E-state index contributed by atoms with van der Waals surface area (Å²) in [4.78, 5) is 8.76. The van der Waals surface area contributed by atoms with Crippen LogP contribution in [-0.2, 0) is 6.18 Å². The van der Waals surface area contributed by atoms with Gasteiger partial charge < -0.3 is 5.32 Å². The minimum absolute atomic E-state index is 0.404. The van der Waals surface area contributed by atoms with Crippen molar-refractivity contribution in [1.29, 1.82) is 0 Å². The van der Waals surface area contributed by atoms with Gasteiger partial charge in [-0.15, -0.1) is 0 Å². The van der Waals surface area contributed by atoms with Crippen LogP contribution < -0.4 is 5.32 Å². The number of anilines is 1. The average Bonchev–Trinajstić information content (AvgIpc) is 3.17. The van der Waals surface area contributed by atoms with Crippen molar-refractivity contribution in [3.8, 4) is 11.1 Å². The van der Waals surface area contributed by atoms with Crippen molar-refractivity contribution in [3.63, 3.8) is 0 Å². The molecule has 4 rings (SSSR count). The van der Waals surface area contributed by atoms with Crippen molar-refractivity contribution in [2.24, 2.45) is 11.8 Å². The van der Waals surface area contributed by atoms with Crippen molar-refractivity contribution in [1.82, 2.24) is 9.97 Å². The van der Waals surface area contributed by atoms with Gasteiger partial charge in [-0.25, -0.2) is 9.97 Å². The molecule has 1 heterocycles. The maximum Gasteiger partial charge on any atom is 0.416 e. The lowest BCUT2D eigenvalue weighted by atomic mass is 9.95. The Balaban J connectivity index is 1.63. The number of nitrogens with zero attached hydrogens (tertiary/aromatic N) is 2. The highest BCUT2D eigenvalue weighted by atomic mass is 19.4. The van der Waals surface area contributed by atoms with E-state index < -0.39 is 11.7 Å². The zero-order valence-electron chi connectivity index (χ0n) is 14.0. The van der Waals surface area contributed by atoms with Gasteiger partial charge in [-0.05, 0) is 55.7 Å². The van der Waals surface area contributed by atoms with Crippen molar-refractivity contribution in [3.05, 3.63) is 41.9 Å². The average molecular weight is 347 g/mol. The molecular formula is C19H20F3N3. The fourth-order valence-corrected chi connectivity index (χ4v) is 4.23. The molecule has 1 N–H and O–H groups in total. The van der Waals surface area contributed by atoms with Gasteiger partial charge in [0.1, 0.15) is 11.6 Å². The summed E-state index contributed by atoms with van der Waals surface area (Å²) in [5.74, 6) is 2.87. The molecule has 0 spiro atoms. The first-order chi connectivity index (χ1) is 11.9. The molecule has 2 fully saturated rings. The van der Waals surface area contributed by atoms with E-state index in [1.54, 1.807) is 6.20 Å². The predicted octanol–water partition coefficient (Wildman–Crippen LogP) is 5.07. The van der Waals surface area contributed by atoms with Gasteiger partial charge in [0, 0.05) is 17.8 Å². The molecule has 3 nitrogen and oxygen atoms in total. The molecule has 2 aliphatic carbocycles. The Bertz CT molecular complexity index is 770. The van der Waals surface area contributed by atoms with Gasteiger partial charge >= 0.3 is 6.18 Å². The van der Waals surface area contributed by atoms with Crippen molar-refractivity contribution < 1.29 is 13.2 Å². The molecule has 2 saturated carbocycles. The second-order valence-electron chi connectivity index (χ2n) is 7.18. The minimum Gasteiger partial charge on any atom is -0.366 e. The van der Waals surface area contributed by atoms with Gasteiger partial charge in [-0.1, -0.05) is 18.6 Å². The zero-order chi connectivity index (χ0) is 17.6. The number of halogens is 3. The van der Waals surface area contributed by atoms with E-state index in [1.165, 1.54) is 31.4 Å². The van der Waals surface area contributed by atoms with Gasteiger partial charge in [-0.3, -0.25) is 0 Å². The molecule has 1 aromatic heterocycles. The largest absolute Gasteiger partial charge is 0.416 e. The lowest BCUT2D eigenvalue weighted by molar-refractivity contribution is -0.137. The van der Waals surface area contributed by atoms with Crippen molar-refractivity contribution in [2.75, 3.05) is 5.32 Å². The fourth-order valence-electron chi connectivity index (χ4n) is 4.23. The normalized spacial score (nSPS) is 25.4. The van der Waals surface area contributed by atoms with Crippen LogP contribution in [0.2, 0.25) is 0 Å². The third-order valence-corrected chi connectivity index (χ3v) is 5.49. The molecule has 0 amide bonds. The van der Waals surface area contributed by atoms with E-state index in [2.05, 4.69) is 15.3 Å². The van der Waals surface area contributed by atoms with E-state index in [4.69, 9.17) is 0 Å². The second-order valence-corrected chi connectivity index (χ2v) is 7.18. The van der Waals surface area contributed by atoms with Crippen molar-refractivity contribution >= 4 is 5.82 Å². The highest BCUT2D eigenvalue weighted by molar-refractivity contribution is 5.74. The molecule has 1 aromatic carbocycles. The second kappa shape index (κ2) is 6.00. The Morgan fingerprint density at radius 1 is 1.08 bits per heavy atom. The molecule has 0 saturated heterocycles. The van der Waals surface area contributed by atoms with Crippen LogP contribution in [0.5, 0.6) is 0 Å². The molecule has 6 heteroatoms. The van der Waals surface area contributed by atoms with Gasteiger partial charge in [0.05, 0.1) is 5.56 Å². The van der Waals surface area contributed by atoms with E-state index in [-0.39, 0.29) is 0 Å². The van der Waals surface area contributed by atoms with Crippen LogP contribution in [0.25, 0.3) is 11.1 Å². The summed E-state index contributed by atoms with van der Waals surface area (Å²) in [6.07, 6.45) is 2.36. The Labute approximate surface area is 144 Å². The maximum atomic E-state index is 12.8. The molecule has 132 valence electrons. The summed E-state index contributed by atoms with van der Waals surface area (Å²) in [5.41, 5.74) is 0.799. The molecule has 25 heavy (non-hydrogen) atoms. The number of hydrogen-bond acceptors (Lipinski definition) is 3. The van der Waals surface area contributed by atoms with Crippen LogP contribution in [0.1, 0.15) is 37.1 Å². The first-order valence-electron chi connectivity index (χ1n) is 8.68. The number of aryl methyl sites for hydroxylation is 1. The number of aromatic nitrogens is 2. The Morgan fingerprint density at radius 2 is 1.84 bits per heavy atom. The number of fused-ring (bicyclic) bond motifs is 2. The molecule has 2 aromatic rings. The molecule has 3 atom stereocenters. The molecule has 2 aliphatic rings. The predicted molar refractivity (Wildman–Crippen MR) is 90.1 cm³/mol. The quantitative estimate of drug-likeness (QED) is 0.842. The van der Waals surface area contributed by atoms with E-state index in [0.29, 0.717) is 23.3 Å². The van der Waals surface area contributed by atoms with E-state index in [1.807, 2.05) is 6.92 Å². The highest BCUT2D eigenvalue weighted by Gasteiger charge is 2.39. The Kier molecular flexibility index (Phi) is 3.93. The third-order valence-electron chi connectivity index (χ3n) is 5.49. The first kappa shape index (κ1) is 16.4. The van der Waals surface area contributed by atoms with Crippen LogP contribution in [0, 0.1) is 18.8 Å². The highest BCUT2D eigenvalue weighted by Crippen LogP contribution is 2.46. The van der Waals surface area contributed by atoms with Gasteiger partial charge in [-0.2, -0.15) is 13.2 Å². The van der Waals surface area contributed by atoms with Crippen LogP contribution in [0.3, 0.4) is 0 Å². The SMILES string of the molecule is Cc1ncc(-c2ccc(C(F)(F)F)cc2)c(N[C@H]2C[C@H]3CC[C@@H]2C3)n1. The topological polar surface area (TPSA) is 37.8 Å². The van der Waals surface area contributed by atoms with Crippen LogP contribution in [0.15, 0.2) is 30.5 Å². The summed E-state index contributed by atoms with van der Waals surface area (Å²) in [6.45, 7) is 1.82. The maximum absolute atomic E-state index is 12.8. The number of rotatable bonds is 3. The number of nitrogens with one attached hydrogen (secondary N) is 1. The van der Waals surface area contributed by atoms with Gasteiger partial charge in [0.25, 0.3) is 0 Å². The summed E-state index contributed by atoms with van der Waals surface area (Å²) in [5, 5.41) is 3.55. The summed E-state index contributed by atoms with van der Waals surface area (Å²) in [6, 6.07) is 5.60. The lowest BCUT2D eigenvalue weighted by Crippen LogP contribution is -2.26. The molecule has 0 radical (unpaired) electrons. The summed E-state index contributed by atoms with van der Waals surface area (Å²) >= 11 is 0. The monoisotopic (exact) mass is 347 g/mol. The smallest absolute Gasteiger partial charge is 0.366 e. The van der Waals surface area contributed by atoms with Crippen molar-refractivity contribution in [2.45, 2.75) is 44.8 Å². The third kappa shape index (κ3) is 3.22. The Morgan fingerprint density at radius 3 is 2.44 bits per heavy atom. The number of benzene rings is 1. The molecule has 2 bridgehead atoms. The Hall–Kier alpha value is -2.11. The fraction of sp³-hybridized carbons (Fsp3) is 0.474. The summed E-state index contributed by atoms with van der Waals surface area (Å²) < 4.78 is 38.3.